The van der Waals surface area contributed by atoms with Crippen LogP contribution in [0.2, 0.25) is 0 Å². The highest BCUT2D eigenvalue weighted by atomic mass is 19.4. The van der Waals surface area contributed by atoms with Crippen molar-refractivity contribution < 1.29 is 18.0 Å². The minimum absolute atomic E-state index is 0.415. The quantitative estimate of drug-likeness (QED) is 0.874. The number of nitrogens with zero attached hydrogens (tertiary/aromatic N) is 3. The summed E-state index contributed by atoms with van der Waals surface area (Å²) in [6.07, 6.45) is -1.28. The van der Waals surface area contributed by atoms with E-state index >= 15 is 0 Å². The SMILES string of the molecule is O=C(CNCC(F)(F)F)Nc1ccc(-n2nccn2)cc1. The highest BCUT2D eigenvalue weighted by Crippen LogP contribution is 2.13. The van der Waals surface area contributed by atoms with E-state index in [-0.39, 0.29) is 0 Å². The molecule has 21 heavy (non-hydrogen) atoms. The first-order valence-corrected chi connectivity index (χ1v) is 5.98. The van der Waals surface area contributed by atoms with Gasteiger partial charge in [0.2, 0.25) is 5.91 Å². The van der Waals surface area contributed by atoms with Crippen LogP contribution in [0, 0.1) is 0 Å². The summed E-state index contributed by atoms with van der Waals surface area (Å²) >= 11 is 0. The van der Waals surface area contributed by atoms with Crippen LogP contribution in [0.1, 0.15) is 0 Å². The number of halogens is 3. The normalized spacial score (nSPS) is 11.4. The maximum atomic E-state index is 11.9. The molecule has 2 aromatic rings. The second kappa shape index (κ2) is 6.35. The smallest absolute Gasteiger partial charge is 0.325 e. The third-order valence-electron chi connectivity index (χ3n) is 2.41. The number of anilines is 1. The zero-order chi connectivity index (χ0) is 15.3. The van der Waals surface area contributed by atoms with E-state index in [0.717, 1.165) is 0 Å². The molecular formula is C12H12F3N5O. The molecule has 0 bridgehead atoms. The predicted octanol–water partition coefficient (Wildman–Crippen LogP) is 1.36. The Morgan fingerprint density at radius 1 is 1.14 bits per heavy atom. The number of hydrogen-bond acceptors (Lipinski definition) is 4. The van der Waals surface area contributed by atoms with Gasteiger partial charge >= 0.3 is 6.18 Å². The van der Waals surface area contributed by atoms with Crippen LogP contribution in [0.5, 0.6) is 0 Å². The summed E-state index contributed by atoms with van der Waals surface area (Å²) in [6, 6.07) is 6.58. The Morgan fingerprint density at radius 3 is 2.33 bits per heavy atom. The molecule has 0 aliphatic heterocycles. The second-order valence-electron chi connectivity index (χ2n) is 4.13. The summed E-state index contributed by atoms with van der Waals surface area (Å²) in [6.45, 7) is -1.62. The van der Waals surface area contributed by atoms with Gasteiger partial charge in [0.15, 0.2) is 0 Å². The molecule has 0 atom stereocenters. The van der Waals surface area contributed by atoms with Crippen molar-refractivity contribution in [3.05, 3.63) is 36.7 Å². The Balaban J connectivity index is 1.84. The number of rotatable bonds is 5. The van der Waals surface area contributed by atoms with E-state index in [1.165, 1.54) is 17.2 Å². The Morgan fingerprint density at radius 2 is 1.76 bits per heavy atom. The molecule has 6 nitrogen and oxygen atoms in total. The van der Waals surface area contributed by atoms with E-state index in [9.17, 15) is 18.0 Å². The zero-order valence-corrected chi connectivity index (χ0v) is 10.8. The Hall–Kier alpha value is -2.42. The summed E-state index contributed by atoms with van der Waals surface area (Å²) < 4.78 is 35.7. The van der Waals surface area contributed by atoms with Crippen LogP contribution < -0.4 is 10.6 Å². The van der Waals surface area contributed by atoms with Crippen molar-refractivity contribution in [2.75, 3.05) is 18.4 Å². The maximum absolute atomic E-state index is 11.9. The average Bonchev–Trinajstić information content (AvgIpc) is 2.92. The molecule has 0 aliphatic carbocycles. The third kappa shape index (κ3) is 4.88. The number of aromatic nitrogens is 3. The largest absolute Gasteiger partial charge is 0.401 e. The van der Waals surface area contributed by atoms with Gasteiger partial charge in [0.25, 0.3) is 0 Å². The molecule has 112 valence electrons. The lowest BCUT2D eigenvalue weighted by molar-refractivity contribution is -0.126. The molecule has 0 spiro atoms. The van der Waals surface area contributed by atoms with Gasteiger partial charge in [0.05, 0.1) is 31.2 Å². The van der Waals surface area contributed by atoms with Crippen LogP contribution in [0.15, 0.2) is 36.7 Å². The Bertz CT molecular complexity index is 580. The fourth-order valence-corrected chi connectivity index (χ4v) is 1.55. The summed E-state index contributed by atoms with van der Waals surface area (Å²) in [5, 5.41) is 12.4. The van der Waals surface area contributed by atoms with Crippen LogP contribution in [-0.2, 0) is 4.79 Å². The molecule has 0 aliphatic rings. The van der Waals surface area contributed by atoms with Crippen LogP contribution >= 0.6 is 0 Å². The van der Waals surface area contributed by atoms with Crippen molar-refractivity contribution in [3.63, 3.8) is 0 Å². The summed E-state index contributed by atoms with van der Waals surface area (Å²) in [7, 11) is 0. The lowest BCUT2D eigenvalue weighted by Gasteiger charge is -2.09. The lowest BCUT2D eigenvalue weighted by Crippen LogP contribution is -2.35. The molecule has 1 aromatic heterocycles. The minimum atomic E-state index is -4.33. The molecule has 0 saturated carbocycles. The van der Waals surface area contributed by atoms with Gasteiger partial charge in [-0.05, 0) is 24.3 Å². The van der Waals surface area contributed by atoms with E-state index in [1.54, 1.807) is 24.3 Å². The molecule has 0 radical (unpaired) electrons. The first-order chi connectivity index (χ1) is 9.94. The molecule has 0 fully saturated rings. The third-order valence-corrected chi connectivity index (χ3v) is 2.41. The van der Waals surface area contributed by atoms with Crippen LogP contribution in [0.25, 0.3) is 5.69 Å². The minimum Gasteiger partial charge on any atom is -0.325 e. The predicted molar refractivity (Wildman–Crippen MR) is 68.9 cm³/mol. The summed E-state index contributed by atoms with van der Waals surface area (Å²) in [5.41, 5.74) is 1.18. The van der Waals surface area contributed by atoms with Crippen molar-refractivity contribution in [3.8, 4) is 5.69 Å². The molecule has 1 heterocycles. The first kappa shape index (κ1) is 15.0. The van der Waals surface area contributed by atoms with Gasteiger partial charge in [0, 0.05) is 5.69 Å². The van der Waals surface area contributed by atoms with Crippen LogP contribution in [0.4, 0.5) is 18.9 Å². The van der Waals surface area contributed by atoms with Gasteiger partial charge in [0.1, 0.15) is 0 Å². The van der Waals surface area contributed by atoms with Crippen molar-refractivity contribution >= 4 is 11.6 Å². The standard InChI is InChI=1S/C12H12F3N5O/c13-12(14,15)8-16-7-11(21)19-9-1-3-10(4-2-9)20-17-5-6-18-20/h1-6,16H,7-8H2,(H,19,21). The number of alkyl halides is 3. The van der Waals surface area contributed by atoms with Gasteiger partial charge in [-0.2, -0.15) is 28.2 Å². The Labute approximate surface area is 118 Å². The maximum Gasteiger partial charge on any atom is 0.401 e. The van der Waals surface area contributed by atoms with Crippen molar-refractivity contribution in [2.45, 2.75) is 6.18 Å². The highest BCUT2D eigenvalue weighted by molar-refractivity contribution is 5.92. The van der Waals surface area contributed by atoms with Gasteiger partial charge in [-0.15, -0.1) is 0 Å². The first-order valence-electron chi connectivity index (χ1n) is 5.98. The summed E-state index contributed by atoms with van der Waals surface area (Å²) in [5.74, 6) is -0.552. The lowest BCUT2D eigenvalue weighted by atomic mass is 10.3. The van der Waals surface area contributed by atoms with Crippen molar-refractivity contribution in [2.24, 2.45) is 0 Å². The number of carbonyl (C=O) groups excluding carboxylic acids is 1. The van der Waals surface area contributed by atoms with Gasteiger partial charge in [-0.3, -0.25) is 4.79 Å². The van der Waals surface area contributed by atoms with E-state index in [1.807, 2.05) is 5.32 Å². The molecule has 1 amide bonds. The highest BCUT2D eigenvalue weighted by Gasteiger charge is 2.26. The monoisotopic (exact) mass is 299 g/mol. The van der Waals surface area contributed by atoms with E-state index in [2.05, 4.69) is 15.5 Å². The second-order valence-corrected chi connectivity index (χ2v) is 4.13. The molecule has 9 heteroatoms. The van der Waals surface area contributed by atoms with Crippen LogP contribution in [0.3, 0.4) is 0 Å². The molecule has 2 rings (SSSR count). The number of hydrogen-bond donors (Lipinski definition) is 2. The number of carbonyl (C=O) groups is 1. The molecule has 0 saturated heterocycles. The molecular weight excluding hydrogens is 287 g/mol. The van der Waals surface area contributed by atoms with Crippen molar-refractivity contribution in [1.29, 1.82) is 0 Å². The van der Waals surface area contributed by atoms with Gasteiger partial charge < -0.3 is 10.6 Å². The fourth-order valence-electron chi connectivity index (χ4n) is 1.55. The number of amides is 1. The van der Waals surface area contributed by atoms with E-state index in [0.29, 0.717) is 11.4 Å². The van der Waals surface area contributed by atoms with Gasteiger partial charge in [-0.25, -0.2) is 0 Å². The number of benzene rings is 1. The molecule has 2 N–H and O–H groups in total. The van der Waals surface area contributed by atoms with E-state index in [4.69, 9.17) is 0 Å². The molecule has 1 aromatic carbocycles. The fraction of sp³-hybridized carbons (Fsp3) is 0.250. The van der Waals surface area contributed by atoms with Gasteiger partial charge in [-0.1, -0.05) is 0 Å². The summed E-state index contributed by atoms with van der Waals surface area (Å²) in [4.78, 5) is 12.8. The van der Waals surface area contributed by atoms with Crippen LogP contribution in [-0.4, -0.2) is 40.2 Å². The zero-order valence-electron chi connectivity index (χ0n) is 10.8. The van der Waals surface area contributed by atoms with E-state index < -0.39 is 25.2 Å². The van der Waals surface area contributed by atoms with Crippen molar-refractivity contribution in [1.82, 2.24) is 20.3 Å². The Kier molecular flexibility index (Phi) is 4.53. The average molecular weight is 299 g/mol. The topological polar surface area (TPSA) is 71.8 Å². The molecule has 0 unspecified atom stereocenters. The number of nitrogens with one attached hydrogen (secondary N) is 2.